The molecule has 3 aromatic rings. The van der Waals surface area contributed by atoms with Gasteiger partial charge in [-0.1, -0.05) is 51.4 Å². The monoisotopic (exact) mass is 1810 g/mol. The normalized spacial score (nSPS) is 10.2. The van der Waals surface area contributed by atoms with Gasteiger partial charge in [0.1, 0.15) is 0 Å². The largest absolute Gasteiger partial charge is 0.388 e. The van der Waals surface area contributed by atoms with Crippen molar-refractivity contribution in [2.24, 2.45) is 159 Å². The maximum Gasteiger partial charge on any atom is 0.185 e. The summed E-state index contributed by atoms with van der Waals surface area (Å²) in [6, 6.07) is 0. The van der Waals surface area contributed by atoms with Gasteiger partial charge >= 0.3 is 0 Å². The second-order valence-corrected chi connectivity index (χ2v) is 29.7. The van der Waals surface area contributed by atoms with Crippen molar-refractivity contribution in [3.8, 4) is 0 Å². The Hall–Kier alpha value is -5.44. The van der Waals surface area contributed by atoms with Crippen molar-refractivity contribution in [3.63, 3.8) is 0 Å². The summed E-state index contributed by atoms with van der Waals surface area (Å²) >= 11 is 0. The first-order chi connectivity index (χ1) is 61.4. The van der Waals surface area contributed by atoms with Gasteiger partial charge in [0.15, 0.2) is 11.9 Å². The van der Waals surface area contributed by atoms with Gasteiger partial charge in [-0.05, 0) is 324 Å². The number of hydrogen-bond donors (Lipinski definition) is 33. The summed E-state index contributed by atoms with van der Waals surface area (Å²) in [5.41, 5.74) is 141. The van der Waals surface area contributed by atoms with Crippen molar-refractivity contribution in [2.45, 2.75) is 225 Å². The molecule has 3 aromatic heterocycles. The molecule has 0 aromatic carbocycles. The molecule has 0 radical (unpaired) electrons. The van der Waals surface area contributed by atoms with E-state index in [0.29, 0.717) is 65.3 Å². The zero-order valence-electron chi connectivity index (χ0n) is 80.2. The van der Waals surface area contributed by atoms with Gasteiger partial charge in [0.2, 0.25) is 0 Å². The van der Waals surface area contributed by atoms with E-state index in [9.17, 15) is 0 Å². The molecule has 0 spiro atoms. The molecular formula is C85H211N41. The Morgan fingerprint density at radius 2 is 0.516 bits per heavy atom. The van der Waals surface area contributed by atoms with Crippen LogP contribution in [0.4, 0.5) is 0 Å². The third-order valence-corrected chi connectivity index (χ3v) is 17.6. The molecule has 0 aliphatic rings. The lowest BCUT2D eigenvalue weighted by molar-refractivity contribution is 0.259. The molecule has 41 heteroatoms. The van der Waals surface area contributed by atoms with E-state index in [4.69, 9.17) is 154 Å². The molecule has 3 rings (SSSR count). The van der Waals surface area contributed by atoms with Crippen LogP contribution < -0.4 is 165 Å². The van der Waals surface area contributed by atoms with Gasteiger partial charge in [-0.2, -0.15) is 0 Å². The number of amidine groups is 1. The van der Waals surface area contributed by atoms with E-state index in [1.807, 2.05) is 12.4 Å². The summed E-state index contributed by atoms with van der Waals surface area (Å²) in [6.07, 6.45) is 50.4. The molecule has 0 saturated heterocycles. The van der Waals surface area contributed by atoms with Crippen molar-refractivity contribution in [2.75, 3.05) is 249 Å². The number of aryl methyl sites for hydroxylation is 2. The highest BCUT2D eigenvalue weighted by Gasteiger charge is 2.06. The summed E-state index contributed by atoms with van der Waals surface area (Å²) in [4.78, 5) is 35.1. The Morgan fingerprint density at radius 1 is 0.246 bits per heavy atom. The second-order valence-electron chi connectivity index (χ2n) is 29.7. The molecule has 0 aliphatic heterocycles. The smallest absolute Gasteiger partial charge is 0.185 e. The first-order valence-electron chi connectivity index (χ1n) is 47.8. The van der Waals surface area contributed by atoms with Crippen LogP contribution in [0.15, 0.2) is 47.6 Å². The Bertz CT molecular complexity index is 2190. The average Bonchev–Trinajstić information content (AvgIpc) is 1.83. The molecule has 0 unspecified atom stereocenters. The van der Waals surface area contributed by atoms with Crippen LogP contribution in [0.3, 0.4) is 0 Å². The summed E-state index contributed by atoms with van der Waals surface area (Å²) in [7, 11) is 0. The molecule has 0 amide bonds. The van der Waals surface area contributed by atoms with E-state index in [-0.39, 0.29) is 17.8 Å². The molecule has 0 bridgehead atoms. The lowest BCUT2D eigenvalue weighted by Crippen LogP contribution is -2.37. The van der Waals surface area contributed by atoms with Crippen molar-refractivity contribution < 1.29 is 0 Å². The Balaban J connectivity index is -0.000000170. The summed E-state index contributed by atoms with van der Waals surface area (Å²) in [5, 5.41) is 16.7. The van der Waals surface area contributed by atoms with Gasteiger partial charge in [-0.25, -0.2) is 15.0 Å². The van der Waals surface area contributed by atoms with Crippen LogP contribution in [0.2, 0.25) is 0 Å². The highest BCUT2D eigenvalue weighted by Crippen LogP contribution is 2.06. The molecule has 0 saturated carbocycles. The molecule has 0 fully saturated rings. The van der Waals surface area contributed by atoms with Crippen molar-refractivity contribution in [3.05, 3.63) is 54.7 Å². The third kappa shape index (κ3) is 147. The number of aromatic amines is 3. The topological polar surface area (TPSA) is 857 Å². The predicted octanol–water partition coefficient (Wildman–Crippen LogP) is -2.49. The molecule has 41 nitrogen and oxygen atoms in total. The molecule has 59 N–H and O–H groups in total. The second kappa shape index (κ2) is 135. The molecule has 756 valence electrons. The maximum atomic E-state index is 6.81. The molecule has 0 aliphatic carbocycles. The third-order valence-electron chi connectivity index (χ3n) is 17.6. The van der Waals surface area contributed by atoms with Crippen LogP contribution in [0.1, 0.15) is 223 Å². The standard InChI is InChI=1S/C12H30N4.C11H27N3.2C9H24N4.C7H13N3.C7H18N2.C6H18N4.C6H11N3.C5H14N4.C5H9N3.C5H13N3.C3H10N4/c13-7-1-4-10-16(11-5-2-8-14)12-6-3-9-15;12-8-5-3-1-2-4-6-10-14-11-7-9-13;10-4-1-7-13(8-2-5-11)9-3-6-12;10-4-8-12-6-2-1-3-7-13-9-5-11;8-4-2-1-3-7-5-9-6-10-7;8-6-4-2-1-3-5-7-9;7-1-4-10(5-2-8)6-3-9;7-3-1-2-6-4-8-5-9-6;6-3-1-2-4-9-5(7)8;6-2-1-5-3-7-4-8-5;6-4-2-1-3-5(7)8;4-1-2-7-3(5)6/h1-15H2;14H,1-13H2;1-12H2;12-13H,1-11H2;5-6H,1-4,8H2,(H,9,10);1-9H2;1-9H2;4-5H,1-3,7H2,(H,8,9);1-4,6H2,(H4,7,8,9);3-4H,1-2,6H2,(H,7,8);1-4,6H2,(H3,7,8);1-2,4H2,(H4,5,6,7). The van der Waals surface area contributed by atoms with Gasteiger partial charge in [-0.3, -0.25) is 20.3 Å². The number of imidazole rings is 3. The summed E-state index contributed by atoms with van der Waals surface area (Å²) in [5.74, 6) is 0.524. The average molecular weight is 1810 g/mol. The number of guanidine groups is 2. The first kappa shape index (κ1) is 138. The minimum atomic E-state index is 0.102. The fourth-order valence-corrected chi connectivity index (χ4v) is 10.6. The van der Waals surface area contributed by atoms with Gasteiger partial charge in [-0.15, -0.1) is 0 Å². The number of H-pyrrole nitrogens is 3. The van der Waals surface area contributed by atoms with E-state index < -0.39 is 0 Å². The number of unbranched alkanes of at least 4 members (excludes halogenated alkanes) is 17. The van der Waals surface area contributed by atoms with E-state index in [1.165, 1.54) is 140 Å². The number of nitrogens with one attached hydrogen (secondary N) is 7. The molecular weight excluding hydrogens is 1600 g/mol. The van der Waals surface area contributed by atoms with Gasteiger partial charge in [0.05, 0.1) is 31.4 Å². The minimum Gasteiger partial charge on any atom is -0.388 e. The Kier molecular flexibility index (Phi) is 148. The van der Waals surface area contributed by atoms with Crippen LogP contribution >= 0.6 is 0 Å². The van der Waals surface area contributed by atoms with Crippen molar-refractivity contribution in [1.82, 2.24) is 60.6 Å². The highest BCUT2D eigenvalue weighted by atomic mass is 15.1. The first-order valence-corrected chi connectivity index (χ1v) is 47.8. The van der Waals surface area contributed by atoms with Gasteiger partial charge < -0.3 is 190 Å². The summed E-state index contributed by atoms with van der Waals surface area (Å²) < 4.78 is 0. The van der Waals surface area contributed by atoms with Crippen LogP contribution in [0.5, 0.6) is 0 Å². The predicted molar refractivity (Wildman–Crippen MR) is 546 cm³/mol. The van der Waals surface area contributed by atoms with Gasteiger partial charge in [0, 0.05) is 127 Å². The van der Waals surface area contributed by atoms with E-state index in [0.717, 1.165) is 285 Å². The number of nitrogens with zero attached hydrogens (tertiary/aromatic N) is 8. The maximum absolute atomic E-state index is 6.81. The molecule has 3 heterocycles. The number of hydrogen-bond acceptors (Lipinski definition) is 33. The number of aromatic nitrogens is 6. The lowest BCUT2D eigenvalue weighted by Gasteiger charge is -2.22. The van der Waals surface area contributed by atoms with Crippen molar-refractivity contribution >= 4 is 17.8 Å². The van der Waals surface area contributed by atoms with E-state index in [2.05, 4.69) is 70.5 Å². The van der Waals surface area contributed by atoms with Crippen LogP contribution in [0, 0.1) is 5.41 Å². The summed E-state index contributed by atoms with van der Waals surface area (Å²) in [6.45, 7) is 32.6. The number of aliphatic imine (C=N–C) groups is 2. The molecule has 126 heavy (non-hydrogen) atoms. The van der Waals surface area contributed by atoms with Crippen LogP contribution in [-0.2, 0) is 19.3 Å². The van der Waals surface area contributed by atoms with E-state index >= 15 is 0 Å². The Morgan fingerprint density at radius 3 is 0.817 bits per heavy atom. The molecule has 0 atom stereocenters. The van der Waals surface area contributed by atoms with Crippen LogP contribution in [0.25, 0.3) is 0 Å². The van der Waals surface area contributed by atoms with Crippen LogP contribution in [-0.4, -0.2) is 311 Å². The fraction of sp³-hybridized carbons (Fsp3) is 0.859. The minimum absolute atomic E-state index is 0.102. The van der Waals surface area contributed by atoms with E-state index in [1.54, 1.807) is 25.2 Å². The van der Waals surface area contributed by atoms with Crippen molar-refractivity contribution in [1.29, 1.82) is 5.41 Å². The zero-order valence-corrected chi connectivity index (χ0v) is 80.2. The SMILES string of the molecule is N=C(N)CCCCN.NCCCCCCCCNCCCN.NCCCCCCCN.NCCCCN(CCCCN)CCCCN.NCCCCN=C(N)N.NCCCCc1cnc[nH]1.NCCCN(CCCN)CCCN.NCCCc1cnc[nH]1.NCCN(CCN)CCN.NCCN=C(N)N.NCCNCCCCCNCCN.NCCc1cnc[nH]1. The lowest BCUT2D eigenvalue weighted by atomic mass is 10.1. The zero-order chi connectivity index (χ0) is 95.8. The number of rotatable bonds is 73. The fourth-order valence-electron chi connectivity index (χ4n) is 10.6. The van der Waals surface area contributed by atoms with Gasteiger partial charge in [0.25, 0.3) is 0 Å². The number of nitrogens with two attached hydrogens (primary N) is 26. The highest BCUT2D eigenvalue weighted by molar-refractivity contribution is 5.76. The quantitative estimate of drug-likeness (QED) is 0.0158. The Labute approximate surface area is 767 Å².